The number of ether oxygens (including phenoxy) is 1. The van der Waals surface area contributed by atoms with Crippen molar-refractivity contribution in [1.82, 2.24) is 9.97 Å². The number of rotatable bonds is 5. The van der Waals surface area contributed by atoms with E-state index in [1.54, 1.807) is 7.11 Å². The monoisotopic (exact) mass is 355 g/mol. The smallest absolute Gasteiger partial charge is 0.159 e. The molecule has 7 heteroatoms. The van der Waals surface area contributed by atoms with Crippen LogP contribution in [0, 0.1) is 6.92 Å². The number of hydrogen-bond donors (Lipinski definition) is 3. The van der Waals surface area contributed by atoms with Gasteiger partial charge in [0.15, 0.2) is 11.6 Å². The van der Waals surface area contributed by atoms with Gasteiger partial charge in [-0.15, -0.1) is 0 Å². The molecule has 0 atom stereocenters. The van der Waals surface area contributed by atoms with Gasteiger partial charge in [-0.05, 0) is 36.8 Å². The van der Waals surface area contributed by atoms with Gasteiger partial charge < -0.3 is 21.1 Å². The Labute approximate surface area is 151 Å². The lowest BCUT2D eigenvalue weighted by atomic mass is 10.2. The highest BCUT2D eigenvalue weighted by atomic mass is 35.5. The van der Waals surface area contributed by atoms with Gasteiger partial charge in [-0.3, -0.25) is 0 Å². The Balaban J connectivity index is 1.85. The molecule has 0 unspecified atom stereocenters. The van der Waals surface area contributed by atoms with Crippen LogP contribution >= 0.6 is 11.6 Å². The minimum Gasteiger partial charge on any atom is -0.497 e. The fraction of sp³-hybridized carbons (Fsp3) is 0.111. The molecule has 0 radical (unpaired) electrons. The molecule has 0 bridgehead atoms. The average molecular weight is 356 g/mol. The van der Waals surface area contributed by atoms with Gasteiger partial charge in [0.2, 0.25) is 0 Å². The first-order chi connectivity index (χ1) is 12.1. The van der Waals surface area contributed by atoms with E-state index in [0.717, 1.165) is 22.7 Å². The second kappa shape index (κ2) is 7.27. The maximum absolute atomic E-state index is 6.20. The SMILES string of the molecule is COc1cccc(Nc2ncnc(Nc3ccc(C)c(Cl)c3)c2N)c1. The van der Waals surface area contributed by atoms with Crippen LogP contribution in [0.25, 0.3) is 0 Å². The highest BCUT2D eigenvalue weighted by Crippen LogP contribution is 2.30. The van der Waals surface area contributed by atoms with Crippen LogP contribution < -0.4 is 21.1 Å². The summed E-state index contributed by atoms with van der Waals surface area (Å²) in [4.78, 5) is 8.42. The number of nitrogens with zero attached hydrogens (tertiary/aromatic N) is 2. The van der Waals surface area contributed by atoms with Crippen LogP contribution in [-0.4, -0.2) is 17.1 Å². The van der Waals surface area contributed by atoms with Crippen LogP contribution in [0.15, 0.2) is 48.8 Å². The number of aryl methyl sites for hydroxylation is 1. The Hall–Kier alpha value is -2.99. The van der Waals surface area contributed by atoms with Crippen molar-refractivity contribution in [3.8, 4) is 5.75 Å². The van der Waals surface area contributed by atoms with Gasteiger partial charge in [-0.25, -0.2) is 9.97 Å². The van der Waals surface area contributed by atoms with Crippen LogP contribution in [0.3, 0.4) is 0 Å². The van der Waals surface area contributed by atoms with E-state index < -0.39 is 0 Å². The molecule has 6 nitrogen and oxygen atoms in total. The first-order valence-electron chi connectivity index (χ1n) is 7.61. The van der Waals surface area contributed by atoms with E-state index in [1.807, 2.05) is 49.4 Å². The Morgan fingerprint density at radius 2 is 1.68 bits per heavy atom. The Kier molecular flexibility index (Phi) is 4.90. The minimum atomic E-state index is 0.405. The van der Waals surface area contributed by atoms with Crippen molar-refractivity contribution >= 4 is 40.3 Å². The summed E-state index contributed by atoms with van der Waals surface area (Å²) in [7, 11) is 1.62. The molecule has 1 heterocycles. The number of methoxy groups -OCH3 is 1. The van der Waals surface area contributed by atoms with Gasteiger partial charge in [0, 0.05) is 22.5 Å². The summed E-state index contributed by atoms with van der Waals surface area (Å²) in [5.74, 6) is 1.74. The highest BCUT2D eigenvalue weighted by molar-refractivity contribution is 6.31. The third-order valence-corrected chi connectivity index (χ3v) is 4.06. The van der Waals surface area contributed by atoms with E-state index in [2.05, 4.69) is 20.6 Å². The van der Waals surface area contributed by atoms with Gasteiger partial charge in [0.05, 0.1) is 7.11 Å². The second-order valence-electron chi connectivity index (χ2n) is 5.43. The molecule has 2 aromatic carbocycles. The third kappa shape index (κ3) is 3.92. The molecular weight excluding hydrogens is 338 g/mol. The van der Waals surface area contributed by atoms with Gasteiger partial charge in [-0.1, -0.05) is 23.7 Å². The molecule has 25 heavy (non-hydrogen) atoms. The Morgan fingerprint density at radius 3 is 2.32 bits per heavy atom. The second-order valence-corrected chi connectivity index (χ2v) is 5.84. The molecule has 0 saturated carbocycles. The topological polar surface area (TPSA) is 85.1 Å². The van der Waals surface area contributed by atoms with Crippen LogP contribution in [0.1, 0.15) is 5.56 Å². The quantitative estimate of drug-likeness (QED) is 0.624. The van der Waals surface area contributed by atoms with Crippen molar-refractivity contribution in [2.45, 2.75) is 6.92 Å². The van der Waals surface area contributed by atoms with E-state index in [-0.39, 0.29) is 0 Å². The molecule has 4 N–H and O–H groups in total. The fourth-order valence-corrected chi connectivity index (χ4v) is 2.42. The summed E-state index contributed by atoms with van der Waals surface area (Å²) in [6.45, 7) is 1.95. The van der Waals surface area contributed by atoms with Crippen molar-refractivity contribution in [2.24, 2.45) is 0 Å². The van der Waals surface area contributed by atoms with E-state index in [1.165, 1.54) is 6.33 Å². The lowest BCUT2D eigenvalue weighted by Crippen LogP contribution is -2.05. The number of halogens is 1. The van der Waals surface area contributed by atoms with Crippen molar-refractivity contribution in [3.05, 3.63) is 59.4 Å². The molecular formula is C18H18ClN5O. The summed E-state index contributed by atoms with van der Waals surface area (Å²) in [6, 6.07) is 13.2. The number of aromatic nitrogens is 2. The van der Waals surface area contributed by atoms with Crippen molar-refractivity contribution in [3.63, 3.8) is 0 Å². The number of anilines is 5. The predicted octanol–water partition coefficient (Wildman–Crippen LogP) is 4.52. The average Bonchev–Trinajstić information content (AvgIpc) is 2.62. The summed E-state index contributed by atoms with van der Waals surface area (Å²) < 4.78 is 5.22. The number of hydrogen-bond acceptors (Lipinski definition) is 6. The molecule has 3 aromatic rings. The van der Waals surface area contributed by atoms with Crippen LogP contribution in [-0.2, 0) is 0 Å². The first-order valence-corrected chi connectivity index (χ1v) is 7.99. The maximum Gasteiger partial charge on any atom is 0.159 e. The zero-order chi connectivity index (χ0) is 17.8. The van der Waals surface area contributed by atoms with Crippen LogP contribution in [0.5, 0.6) is 5.75 Å². The largest absolute Gasteiger partial charge is 0.497 e. The van der Waals surface area contributed by atoms with Gasteiger partial charge in [-0.2, -0.15) is 0 Å². The minimum absolute atomic E-state index is 0.405. The molecule has 0 aliphatic rings. The summed E-state index contributed by atoms with van der Waals surface area (Å²) in [6.07, 6.45) is 1.44. The number of nitrogen functional groups attached to an aromatic ring is 1. The van der Waals surface area contributed by atoms with Gasteiger partial charge >= 0.3 is 0 Å². The van der Waals surface area contributed by atoms with E-state index in [0.29, 0.717) is 22.3 Å². The Bertz CT molecular complexity index is 900. The van der Waals surface area contributed by atoms with Crippen molar-refractivity contribution in [2.75, 3.05) is 23.5 Å². The molecule has 0 spiro atoms. The van der Waals surface area contributed by atoms with E-state index in [9.17, 15) is 0 Å². The molecule has 128 valence electrons. The molecule has 0 amide bonds. The predicted molar refractivity (Wildman–Crippen MR) is 102 cm³/mol. The van der Waals surface area contributed by atoms with Crippen molar-refractivity contribution in [1.29, 1.82) is 0 Å². The molecule has 0 aliphatic carbocycles. The third-order valence-electron chi connectivity index (χ3n) is 3.65. The van der Waals surface area contributed by atoms with Gasteiger partial charge in [0.1, 0.15) is 17.8 Å². The van der Waals surface area contributed by atoms with Crippen molar-refractivity contribution < 1.29 is 4.74 Å². The standard InChI is InChI=1S/C18H18ClN5O/c1-11-6-7-13(9-15(11)19)24-18-16(20)17(21-10-22-18)23-12-4-3-5-14(8-12)25-2/h3-10H,20H2,1-2H3,(H2,21,22,23,24). The lowest BCUT2D eigenvalue weighted by Gasteiger charge is -2.13. The van der Waals surface area contributed by atoms with E-state index >= 15 is 0 Å². The highest BCUT2D eigenvalue weighted by Gasteiger charge is 2.10. The molecule has 3 rings (SSSR count). The van der Waals surface area contributed by atoms with Crippen LogP contribution in [0.2, 0.25) is 5.02 Å². The van der Waals surface area contributed by atoms with Gasteiger partial charge in [0.25, 0.3) is 0 Å². The molecule has 0 aliphatic heterocycles. The number of nitrogens with one attached hydrogen (secondary N) is 2. The lowest BCUT2D eigenvalue weighted by molar-refractivity contribution is 0.415. The first kappa shape index (κ1) is 16.9. The summed E-state index contributed by atoms with van der Waals surface area (Å²) in [5, 5.41) is 7.01. The van der Waals surface area contributed by atoms with E-state index in [4.69, 9.17) is 22.1 Å². The zero-order valence-electron chi connectivity index (χ0n) is 13.9. The Morgan fingerprint density at radius 1 is 1.00 bits per heavy atom. The fourth-order valence-electron chi connectivity index (χ4n) is 2.24. The number of nitrogens with two attached hydrogens (primary N) is 1. The number of benzene rings is 2. The molecule has 0 fully saturated rings. The summed E-state index contributed by atoms with van der Waals surface area (Å²) >= 11 is 6.16. The molecule has 0 saturated heterocycles. The normalized spacial score (nSPS) is 10.4. The maximum atomic E-state index is 6.20. The zero-order valence-corrected chi connectivity index (χ0v) is 14.6. The molecule has 1 aromatic heterocycles. The summed E-state index contributed by atoms with van der Waals surface area (Å²) in [5.41, 5.74) is 9.22. The van der Waals surface area contributed by atoms with Crippen LogP contribution in [0.4, 0.5) is 28.7 Å².